The Morgan fingerprint density at radius 2 is 1.54 bits per heavy atom. The zero-order chi connectivity index (χ0) is 29.0. The molecule has 0 saturated carbocycles. The van der Waals surface area contributed by atoms with Crippen LogP contribution in [0.2, 0.25) is 5.02 Å². The Morgan fingerprint density at radius 1 is 0.923 bits per heavy atom. The maximum atomic E-state index is 12.9. The van der Waals surface area contributed by atoms with E-state index in [1.807, 2.05) is 0 Å². The lowest BCUT2D eigenvalue weighted by Gasteiger charge is -2.23. The highest BCUT2D eigenvalue weighted by molar-refractivity contribution is 9.10. The van der Waals surface area contributed by atoms with Gasteiger partial charge < -0.3 is 5.32 Å². The topological polar surface area (TPSA) is 116 Å². The number of benzene rings is 3. The first kappa shape index (κ1) is 30.3. The van der Waals surface area contributed by atoms with Gasteiger partial charge in [0.1, 0.15) is 6.04 Å². The highest BCUT2D eigenvalue weighted by Crippen LogP contribution is 2.34. The number of sulfonamides is 1. The SMILES string of the molecule is CC(C)[C@H](Nc1ccc(C(F)(F)F)cc1Cl)C(=O)NNC(=O)c1ccc(NS(=O)(=O)c2ccc(Br)cc2)cc1. The average Bonchev–Trinajstić information content (AvgIpc) is 2.86. The molecule has 3 aromatic rings. The van der Waals surface area contributed by atoms with Gasteiger partial charge in [0.15, 0.2) is 0 Å². The second-order valence-corrected chi connectivity index (χ2v) is 11.6. The number of rotatable bonds is 8. The molecule has 8 nitrogen and oxygen atoms in total. The van der Waals surface area contributed by atoms with Crippen LogP contribution in [0.25, 0.3) is 0 Å². The predicted molar refractivity (Wildman–Crippen MR) is 146 cm³/mol. The highest BCUT2D eigenvalue weighted by atomic mass is 79.9. The Bertz CT molecular complexity index is 1450. The zero-order valence-corrected chi connectivity index (χ0v) is 23.6. The van der Waals surface area contributed by atoms with Crippen molar-refractivity contribution < 1.29 is 31.2 Å². The van der Waals surface area contributed by atoms with Gasteiger partial charge in [-0.25, -0.2) is 8.42 Å². The number of halogens is 5. The molecule has 0 aromatic heterocycles. The molecular formula is C25H23BrClF3N4O4S. The van der Waals surface area contributed by atoms with Crippen molar-refractivity contribution in [1.82, 2.24) is 10.9 Å². The van der Waals surface area contributed by atoms with Gasteiger partial charge in [-0.2, -0.15) is 13.2 Å². The summed E-state index contributed by atoms with van der Waals surface area (Å²) in [4.78, 5) is 25.3. The van der Waals surface area contributed by atoms with Crippen LogP contribution in [0.1, 0.15) is 29.8 Å². The summed E-state index contributed by atoms with van der Waals surface area (Å²) in [6.45, 7) is 3.40. The van der Waals surface area contributed by atoms with Gasteiger partial charge in [0.05, 0.1) is 21.2 Å². The number of hydrogen-bond donors (Lipinski definition) is 4. The fraction of sp³-hybridized carbons (Fsp3) is 0.200. The lowest BCUT2D eigenvalue weighted by molar-refractivity contribution is -0.137. The summed E-state index contributed by atoms with van der Waals surface area (Å²) in [6.07, 6.45) is -4.57. The number of alkyl halides is 3. The van der Waals surface area contributed by atoms with Crippen molar-refractivity contribution in [1.29, 1.82) is 0 Å². The van der Waals surface area contributed by atoms with E-state index in [1.165, 1.54) is 36.4 Å². The maximum absolute atomic E-state index is 12.9. The third-order valence-electron chi connectivity index (χ3n) is 5.38. The molecule has 0 aliphatic rings. The van der Waals surface area contributed by atoms with E-state index in [1.54, 1.807) is 26.0 Å². The van der Waals surface area contributed by atoms with Crippen LogP contribution in [0.15, 0.2) is 76.1 Å². The van der Waals surface area contributed by atoms with Crippen LogP contribution in [-0.2, 0) is 21.0 Å². The molecule has 14 heteroatoms. The molecule has 208 valence electrons. The van der Waals surface area contributed by atoms with Crippen molar-refractivity contribution in [3.05, 3.63) is 87.4 Å². The molecule has 0 fully saturated rings. The van der Waals surface area contributed by atoms with Crippen LogP contribution in [0.3, 0.4) is 0 Å². The Hall–Kier alpha value is -3.29. The second kappa shape index (κ2) is 12.3. The molecule has 0 bridgehead atoms. The van der Waals surface area contributed by atoms with Crippen LogP contribution >= 0.6 is 27.5 Å². The molecule has 1 atom stereocenters. The third kappa shape index (κ3) is 8.10. The van der Waals surface area contributed by atoms with Gasteiger partial charge in [-0.15, -0.1) is 0 Å². The normalized spacial score (nSPS) is 12.5. The predicted octanol–water partition coefficient (Wildman–Crippen LogP) is 5.82. The molecule has 2 amide bonds. The summed E-state index contributed by atoms with van der Waals surface area (Å²) in [5.41, 5.74) is 4.07. The van der Waals surface area contributed by atoms with Gasteiger partial charge in [-0.05, 0) is 72.6 Å². The Balaban J connectivity index is 1.61. The molecule has 39 heavy (non-hydrogen) atoms. The number of hydrazine groups is 1. The van der Waals surface area contributed by atoms with Crippen molar-refractivity contribution in [2.75, 3.05) is 10.0 Å². The van der Waals surface area contributed by atoms with Crippen molar-refractivity contribution >= 4 is 60.7 Å². The number of nitrogens with one attached hydrogen (secondary N) is 4. The van der Waals surface area contributed by atoms with Crippen molar-refractivity contribution in [2.24, 2.45) is 5.92 Å². The number of amides is 2. The highest BCUT2D eigenvalue weighted by Gasteiger charge is 2.31. The molecule has 0 saturated heterocycles. The molecule has 0 heterocycles. The molecule has 0 unspecified atom stereocenters. The first-order valence-corrected chi connectivity index (χ1v) is 13.9. The quantitative estimate of drug-likeness (QED) is 0.230. The fourth-order valence-electron chi connectivity index (χ4n) is 3.30. The van der Waals surface area contributed by atoms with E-state index in [4.69, 9.17) is 11.6 Å². The average molecular weight is 648 g/mol. The zero-order valence-electron chi connectivity index (χ0n) is 20.4. The van der Waals surface area contributed by atoms with E-state index < -0.39 is 39.6 Å². The van der Waals surface area contributed by atoms with Gasteiger partial charge in [-0.3, -0.25) is 25.2 Å². The molecule has 0 aliphatic carbocycles. The number of anilines is 2. The second-order valence-electron chi connectivity index (χ2n) is 8.64. The van der Waals surface area contributed by atoms with E-state index >= 15 is 0 Å². The first-order valence-electron chi connectivity index (χ1n) is 11.3. The fourth-order valence-corrected chi connectivity index (χ4v) is 4.85. The van der Waals surface area contributed by atoms with E-state index in [-0.39, 0.29) is 32.8 Å². The van der Waals surface area contributed by atoms with Crippen LogP contribution in [0.5, 0.6) is 0 Å². The summed E-state index contributed by atoms with van der Waals surface area (Å²) < 4.78 is 66.9. The smallest absolute Gasteiger partial charge is 0.372 e. The summed E-state index contributed by atoms with van der Waals surface area (Å²) in [6, 6.07) is 13.3. The van der Waals surface area contributed by atoms with Crippen LogP contribution in [-0.4, -0.2) is 26.3 Å². The molecule has 3 rings (SSSR count). The van der Waals surface area contributed by atoms with Gasteiger partial charge in [0.25, 0.3) is 21.8 Å². The standard InChI is InChI=1S/C25H23BrClF3N4O4S/c1-14(2)22(31-21-12-5-16(13-20(21)27)25(28,29)30)24(36)33-32-23(35)15-3-8-18(9-4-15)34-39(37,38)19-10-6-17(26)7-11-19/h3-14,22,31,34H,1-2H3,(H,32,35)(H,33,36)/t22-/m0/s1. The van der Waals surface area contributed by atoms with Crippen LogP contribution in [0.4, 0.5) is 24.5 Å². The van der Waals surface area contributed by atoms with Crippen molar-refractivity contribution in [3.8, 4) is 0 Å². The molecule has 4 N–H and O–H groups in total. The van der Waals surface area contributed by atoms with Gasteiger partial charge >= 0.3 is 6.18 Å². The summed E-state index contributed by atoms with van der Waals surface area (Å²) in [5.74, 6) is -1.67. The minimum Gasteiger partial charge on any atom is -0.372 e. The number of hydrogen-bond acceptors (Lipinski definition) is 5. The van der Waals surface area contributed by atoms with E-state index in [2.05, 4.69) is 36.8 Å². The molecule has 0 spiro atoms. The lowest BCUT2D eigenvalue weighted by Crippen LogP contribution is -2.50. The van der Waals surface area contributed by atoms with Gasteiger partial charge in [0, 0.05) is 15.7 Å². The molecular weight excluding hydrogens is 625 g/mol. The van der Waals surface area contributed by atoms with Gasteiger partial charge in [0.2, 0.25) is 0 Å². The summed E-state index contributed by atoms with van der Waals surface area (Å²) in [7, 11) is -3.84. The Labute approximate surface area is 236 Å². The van der Waals surface area contributed by atoms with E-state index in [0.717, 1.165) is 22.7 Å². The Morgan fingerprint density at radius 3 is 2.08 bits per heavy atom. The van der Waals surface area contributed by atoms with Gasteiger partial charge in [-0.1, -0.05) is 41.4 Å². The van der Waals surface area contributed by atoms with Crippen LogP contribution < -0.4 is 20.9 Å². The minimum absolute atomic E-state index is 0.0566. The molecule has 0 aliphatic heterocycles. The summed E-state index contributed by atoms with van der Waals surface area (Å²) in [5, 5.41) is 2.58. The molecule has 3 aromatic carbocycles. The third-order valence-corrected chi connectivity index (χ3v) is 7.62. The molecule has 0 radical (unpaired) electrons. The maximum Gasteiger partial charge on any atom is 0.416 e. The monoisotopic (exact) mass is 646 g/mol. The first-order chi connectivity index (χ1) is 18.2. The summed E-state index contributed by atoms with van der Waals surface area (Å²) >= 11 is 9.22. The van der Waals surface area contributed by atoms with Crippen molar-refractivity contribution in [2.45, 2.75) is 31.0 Å². The van der Waals surface area contributed by atoms with Crippen LogP contribution in [0, 0.1) is 5.92 Å². The lowest BCUT2D eigenvalue weighted by atomic mass is 10.0. The van der Waals surface area contributed by atoms with E-state index in [9.17, 15) is 31.2 Å². The largest absolute Gasteiger partial charge is 0.416 e. The van der Waals surface area contributed by atoms with Crippen molar-refractivity contribution in [3.63, 3.8) is 0 Å². The Kier molecular flexibility index (Phi) is 9.51. The minimum atomic E-state index is -4.57. The number of carbonyl (C=O) groups excluding carboxylic acids is 2. The van der Waals surface area contributed by atoms with E-state index in [0.29, 0.717) is 0 Å². The number of carbonyl (C=O) groups is 2.